The largest absolute Gasteiger partial charge is 0.508 e. The Morgan fingerprint density at radius 3 is 2.69 bits per heavy atom. The number of hydrogen-bond donors (Lipinski definition) is 2. The van der Waals surface area contributed by atoms with Crippen molar-refractivity contribution < 1.29 is 13.5 Å². The fourth-order valence-electron chi connectivity index (χ4n) is 1.23. The highest BCUT2D eigenvalue weighted by Crippen LogP contribution is 2.17. The molecule has 0 aliphatic carbocycles. The fourth-order valence-corrected chi connectivity index (χ4v) is 2.23. The van der Waals surface area contributed by atoms with E-state index in [4.69, 9.17) is 0 Å². The van der Waals surface area contributed by atoms with E-state index in [-0.39, 0.29) is 5.75 Å². The predicted octanol–water partition coefficient (Wildman–Crippen LogP) is 1.39. The van der Waals surface area contributed by atoms with E-state index in [1.54, 1.807) is 12.1 Å². The molecule has 0 saturated heterocycles. The van der Waals surface area contributed by atoms with Gasteiger partial charge in [0.15, 0.2) is 0 Å². The second-order valence-electron chi connectivity index (χ2n) is 3.48. The number of benzene rings is 1. The van der Waals surface area contributed by atoms with Crippen molar-refractivity contribution in [2.24, 2.45) is 0 Å². The highest BCUT2D eigenvalue weighted by atomic mass is 32.2. The highest BCUT2D eigenvalue weighted by Gasteiger charge is 2.16. The monoisotopic (exact) mass is 244 g/mol. The van der Waals surface area contributed by atoms with E-state index in [0.29, 0.717) is 12.2 Å². The molecular formula is C10H16N2O3S. The Labute approximate surface area is 95.9 Å². The van der Waals surface area contributed by atoms with Crippen LogP contribution in [0, 0.1) is 0 Å². The Balaban J connectivity index is 2.80. The second kappa shape index (κ2) is 5.18. The number of nitrogens with zero attached hydrogens (tertiary/aromatic N) is 1. The van der Waals surface area contributed by atoms with Crippen molar-refractivity contribution in [3.8, 4) is 5.75 Å². The van der Waals surface area contributed by atoms with Gasteiger partial charge in [0.1, 0.15) is 5.75 Å². The van der Waals surface area contributed by atoms with Crippen LogP contribution in [0.25, 0.3) is 0 Å². The average Bonchev–Trinajstić information content (AvgIpc) is 2.17. The van der Waals surface area contributed by atoms with Gasteiger partial charge in [0.2, 0.25) is 0 Å². The fraction of sp³-hybridized carbons (Fsp3) is 0.400. The van der Waals surface area contributed by atoms with E-state index in [0.717, 1.165) is 6.42 Å². The number of anilines is 1. The van der Waals surface area contributed by atoms with Crippen LogP contribution in [0.1, 0.15) is 13.3 Å². The van der Waals surface area contributed by atoms with E-state index in [1.807, 2.05) is 6.92 Å². The summed E-state index contributed by atoms with van der Waals surface area (Å²) < 4.78 is 27.1. The lowest BCUT2D eigenvalue weighted by atomic mass is 10.3. The van der Waals surface area contributed by atoms with E-state index in [1.165, 1.54) is 23.5 Å². The van der Waals surface area contributed by atoms with Crippen LogP contribution in [0.2, 0.25) is 0 Å². The van der Waals surface area contributed by atoms with Gasteiger partial charge in [-0.05, 0) is 18.6 Å². The minimum atomic E-state index is -3.52. The van der Waals surface area contributed by atoms with Crippen molar-refractivity contribution >= 4 is 15.9 Å². The molecule has 0 aliphatic rings. The third kappa shape index (κ3) is 3.39. The van der Waals surface area contributed by atoms with Gasteiger partial charge in [0.05, 0.1) is 5.69 Å². The Hall–Kier alpha value is -1.27. The first-order chi connectivity index (χ1) is 7.45. The van der Waals surface area contributed by atoms with Crippen molar-refractivity contribution in [3.63, 3.8) is 0 Å². The molecular weight excluding hydrogens is 228 g/mol. The molecule has 5 nitrogen and oxygen atoms in total. The molecule has 0 amide bonds. The Morgan fingerprint density at radius 1 is 1.44 bits per heavy atom. The summed E-state index contributed by atoms with van der Waals surface area (Å²) >= 11 is 0. The van der Waals surface area contributed by atoms with Crippen LogP contribution in [0.3, 0.4) is 0 Å². The van der Waals surface area contributed by atoms with Crippen LogP contribution < -0.4 is 4.72 Å². The molecule has 0 fully saturated rings. The maximum absolute atomic E-state index is 11.7. The first kappa shape index (κ1) is 12.8. The zero-order valence-corrected chi connectivity index (χ0v) is 10.2. The van der Waals surface area contributed by atoms with Crippen molar-refractivity contribution in [3.05, 3.63) is 24.3 Å². The lowest BCUT2D eigenvalue weighted by Crippen LogP contribution is -2.33. The van der Waals surface area contributed by atoms with Gasteiger partial charge in [0, 0.05) is 19.7 Å². The summed E-state index contributed by atoms with van der Waals surface area (Å²) in [5.74, 6) is 0.0262. The summed E-state index contributed by atoms with van der Waals surface area (Å²) in [4.78, 5) is 0. The molecule has 0 spiro atoms. The molecule has 16 heavy (non-hydrogen) atoms. The first-order valence-electron chi connectivity index (χ1n) is 4.99. The van der Waals surface area contributed by atoms with Crippen molar-refractivity contribution in [1.29, 1.82) is 0 Å². The molecule has 1 rings (SSSR count). The van der Waals surface area contributed by atoms with Gasteiger partial charge in [-0.2, -0.15) is 12.7 Å². The summed E-state index contributed by atoms with van der Waals surface area (Å²) in [7, 11) is -2.01. The number of phenols is 1. The Morgan fingerprint density at radius 2 is 2.12 bits per heavy atom. The van der Waals surface area contributed by atoms with Crippen LogP contribution in [0.4, 0.5) is 5.69 Å². The average molecular weight is 244 g/mol. The molecule has 0 saturated carbocycles. The summed E-state index contributed by atoms with van der Waals surface area (Å²) in [6, 6.07) is 5.99. The molecule has 0 atom stereocenters. The normalized spacial score (nSPS) is 11.7. The van der Waals surface area contributed by atoms with Gasteiger partial charge >= 0.3 is 10.2 Å². The number of phenolic OH excluding ortho intramolecular Hbond substituents is 1. The molecule has 0 unspecified atom stereocenters. The maximum Gasteiger partial charge on any atom is 0.301 e. The smallest absolute Gasteiger partial charge is 0.301 e. The molecule has 2 N–H and O–H groups in total. The molecule has 0 heterocycles. The van der Waals surface area contributed by atoms with Crippen LogP contribution in [0.5, 0.6) is 5.75 Å². The number of hydrogen-bond acceptors (Lipinski definition) is 3. The maximum atomic E-state index is 11.7. The number of nitrogens with one attached hydrogen (secondary N) is 1. The van der Waals surface area contributed by atoms with Crippen molar-refractivity contribution in [1.82, 2.24) is 4.31 Å². The standard InChI is InChI=1S/C10H16N2O3S/c1-3-7-12(2)16(14,15)11-9-5-4-6-10(13)8-9/h4-6,8,11,13H,3,7H2,1-2H3. The molecule has 0 bridgehead atoms. The molecule has 0 aliphatic heterocycles. The topological polar surface area (TPSA) is 69.6 Å². The molecule has 6 heteroatoms. The molecule has 1 aromatic carbocycles. The second-order valence-corrected chi connectivity index (χ2v) is 5.26. The van der Waals surface area contributed by atoms with Crippen LogP contribution >= 0.6 is 0 Å². The lowest BCUT2D eigenvalue weighted by molar-refractivity contribution is 0.472. The summed E-state index contributed by atoms with van der Waals surface area (Å²) in [5, 5.41) is 9.20. The SMILES string of the molecule is CCCN(C)S(=O)(=O)Nc1cccc(O)c1. The van der Waals surface area contributed by atoms with E-state index < -0.39 is 10.2 Å². The molecule has 90 valence electrons. The van der Waals surface area contributed by atoms with Crippen molar-refractivity contribution in [2.75, 3.05) is 18.3 Å². The Kier molecular flexibility index (Phi) is 4.14. The zero-order valence-electron chi connectivity index (χ0n) is 9.34. The van der Waals surface area contributed by atoms with Gasteiger partial charge in [-0.3, -0.25) is 4.72 Å². The minimum absolute atomic E-state index is 0.0262. The van der Waals surface area contributed by atoms with E-state index in [9.17, 15) is 13.5 Å². The predicted molar refractivity (Wildman–Crippen MR) is 63.6 cm³/mol. The molecule has 1 aromatic rings. The molecule has 0 aromatic heterocycles. The summed E-state index contributed by atoms with van der Waals surface area (Å²) in [5.41, 5.74) is 0.350. The minimum Gasteiger partial charge on any atom is -0.508 e. The summed E-state index contributed by atoms with van der Waals surface area (Å²) in [6.45, 7) is 2.36. The number of aromatic hydroxyl groups is 1. The molecule has 0 radical (unpaired) electrons. The van der Waals surface area contributed by atoms with Gasteiger partial charge in [0.25, 0.3) is 0 Å². The van der Waals surface area contributed by atoms with Gasteiger partial charge in [-0.15, -0.1) is 0 Å². The lowest BCUT2D eigenvalue weighted by Gasteiger charge is -2.17. The highest BCUT2D eigenvalue weighted by molar-refractivity contribution is 7.90. The summed E-state index contributed by atoms with van der Waals surface area (Å²) in [6.07, 6.45) is 0.747. The van der Waals surface area contributed by atoms with Crippen LogP contribution in [-0.2, 0) is 10.2 Å². The van der Waals surface area contributed by atoms with Crippen LogP contribution in [0.15, 0.2) is 24.3 Å². The Bertz CT molecular complexity index is 445. The van der Waals surface area contributed by atoms with Crippen LogP contribution in [-0.4, -0.2) is 31.4 Å². The number of rotatable bonds is 5. The van der Waals surface area contributed by atoms with Gasteiger partial charge < -0.3 is 5.11 Å². The third-order valence-electron chi connectivity index (χ3n) is 2.04. The first-order valence-corrected chi connectivity index (χ1v) is 6.43. The quantitative estimate of drug-likeness (QED) is 0.822. The van der Waals surface area contributed by atoms with Gasteiger partial charge in [-0.1, -0.05) is 13.0 Å². The van der Waals surface area contributed by atoms with E-state index in [2.05, 4.69) is 4.72 Å². The van der Waals surface area contributed by atoms with E-state index >= 15 is 0 Å². The zero-order chi connectivity index (χ0) is 12.2. The van der Waals surface area contributed by atoms with Crippen molar-refractivity contribution in [2.45, 2.75) is 13.3 Å². The van der Waals surface area contributed by atoms with Gasteiger partial charge in [-0.25, -0.2) is 0 Å². The third-order valence-corrected chi connectivity index (χ3v) is 3.54.